The molecule has 3 heterocycles. The summed E-state index contributed by atoms with van der Waals surface area (Å²) in [6.45, 7) is 0. The second-order valence-corrected chi connectivity index (χ2v) is 3.09. The van der Waals surface area contributed by atoms with Gasteiger partial charge in [-0.3, -0.25) is 0 Å². The number of anilines is 2. The normalized spacial score (nSPS) is 11.0. The minimum Gasteiger partial charge on any atom is -0.382 e. The molecule has 0 unspecified atom stereocenters. The Bertz CT molecular complexity index is 632. The number of rotatable bonds is 0. The van der Waals surface area contributed by atoms with Crippen LogP contribution in [0.5, 0.6) is 0 Å². The number of hydrogen-bond acceptors (Lipinski definition) is 8. The van der Waals surface area contributed by atoms with Crippen molar-refractivity contribution in [2.45, 2.75) is 0 Å². The Hall–Kier alpha value is -2.64. The number of aromatic nitrogens is 6. The lowest BCUT2D eigenvalue weighted by atomic mass is 10.4. The van der Waals surface area contributed by atoms with E-state index >= 15 is 0 Å². The molecule has 0 aliphatic heterocycles. The molecular formula is C8H6N8. The van der Waals surface area contributed by atoms with Gasteiger partial charge in [0, 0.05) is 0 Å². The summed E-state index contributed by atoms with van der Waals surface area (Å²) in [7, 11) is 0. The summed E-state index contributed by atoms with van der Waals surface area (Å²) in [4.78, 5) is 24.0. The van der Waals surface area contributed by atoms with Gasteiger partial charge in [-0.15, -0.1) is 0 Å². The first-order chi connectivity index (χ1) is 7.75. The molecule has 0 aromatic carbocycles. The maximum absolute atomic E-state index is 5.66. The molecule has 0 saturated carbocycles. The van der Waals surface area contributed by atoms with Gasteiger partial charge in [0.2, 0.25) is 0 Å². The molecule has 3 aromatic heterocycles. The van der Waals surface area contributed by atoms with Crippen LogP contribution >= 0.6 is 0 Å². The largest absolute Gasteiger partial charge is 0.382 e. The van der Waals surface area contributed by atoms with Crippen LogP contribution in [0.15, 0.2) is 12.7 Å². The van der Waals surface area contributed by atoms with Crippen LogP contribution in [0.2, 0.25) is 0 Å². The standard InChI is InChI=1S/C8H6N8/c9-5-3-7(13-1-11-5)15-4-6(10)12-2-14-8(4)16-3/h1-2H,(H2,9,11,13,15)(H2,10,12,14,16). The van der Waals surface area contributed by atoms with Gasteiger partial charge >= 0.3 is 0 Å². The highest BCUT2D eigenvalue weighted by molar-refractivity contribution is 5.90. The van der Waals surface area contributed by atoms with E-state index in [1.165, 1.54) is 12.7 Å². The summed E-state index contributed by atoms with van der Waals surface area (Å²) in [6, 6.07) is 0. The van der Waals surface area contributed by atoms with Crippen molar-refractivity contribution in [3.8, 4) is 0 Å². The molecule has 0 saturated heterocycles. The average molecular weight is 214 g/mol. The van der Waals surface area contributed by atoms with E-state index in [1.54, 1.807) is 0 Å². The highest BCUT2D eigenvalue weighted by Gasteiger charge is 2.09. The third-order valence-corrected chi connectivity index (χ3v) is 2.10. The fourth-order valence-corrected chi connectivity index (χ4v) is 1.36. The molecule has 0 radical (unpaired) electrons. The van der Waals surface area contributed by atoms with Gasteiger partial charge in [-0.1, -0.05) is 0 Å². The van der Waals surface area contributed by atoms with Gasteiger partial charge in [-0.25, -0.2) is 29.9 Å². The molecule has 0 fully saturated rings. The van der Waals surface area contributed by atoms with Crippen molar-refractivity contribution in [1.82, 2.24) is 29.9 Å². The lowest BCUT2D eigenvalue weighted by molar-refractivity contribution is 1.14. The van der Waals surface area contributed by atoms with Gasteiger partial charge in [0.1, 0.15) is 12.7 Å². The Morgan fingerprint density at radius 2 is 1.12 bits per heavy atom. The highest BCUT2D eigenvalue weighted by atomic mass is 15.1. The zero-order chi connectivity index (χ0) is 11.1. The second kappa shape index (κ2) is 2.92. The van der Waals surface area contributed by atoms with Crippen molar-refractivity contribution >= 4 is 34.0 Å². The summed E-state index contributed by atoms with van der Waals surface area (Å²) in [5.74, 6) is 0.521. The summed E-state index contributed by atoms with van der Waals surface area (Å²) >= 11 is 0. The van der Waals surface area contributed by atoms with E-state index in [1.807, 2.05) is 0 Å². The van der Waals surface area contributed by atoms with Gasteiger partial charge in [0.05, 0.1) is 0 Å². The Morgan fingerprint density at radius 1 is 0.688 bits per heavy atom. The van der Waals surface area contributed by atoms with Gasteiger partial charge in [0.15, 0.2) is 34.0 Å². The zero-order valence-electron chi connectivity index (χ0n) is 7.99. The SMILES string of the molecule is Nc1ncnc2nc3c(N)ncnc3nc12. The molecule has 16 heavy (non-hydrogen) atoms. The summed E-state index contributed by atoms with van der Waals surface area (Å²) in [5, 5.41) is 0. The third kappa shape index (κ3) is 1.10. The van der Waals surface area contributed by atoms with Gasteiger partial charge in [0.25, 0.3) is 0 Å². The fraction of sp³-hybridized carbons (Fsp3) is 0. The maximum atomic E-state index is 5.66. The molecule has 4 N–H and O–H groups in total. The van der Waals surface area contributed by atoms with E-state index in [-0.39, 0.29) is 11.6 Å². The first-order valence-electron chi connectivity index (χ1n) is 4.40. The Kier molecular flexibility index (Phi) is 1.58. The van der Waals surface area contributed by atoms with E-state index in [2.05, 4.69) is 29.9 Å². The Morgan fingerprint density at radius 3 is 1.56 bits per heavy atom. The molecular weight excluding hydrogens is 208 g/mol. The number of nitrogen functional groups attached to an aromatic ring is 2. The van der Waals surface area contributed by atoms with Crippen molar-refractivity contribution in [1.29, 1.82) is 0 Å². The first-order valence-corrected chi connectivity index (χ1v) is 4.40. The van der Waals surface area contributed by atoms with E-state index in [0.29, 0.717) is 22.3 Å². The summed E-state index contributed by atoms with van der Waals surface area (Å²) in [6.07, 6.45) is 2.64. The Balaban J connectivity index is 2.54. The molecule has 3 rings (SSSR count). The van der Waals surface area contributed by atoms with Crippen molar-refractivity contribution in [2.24, 2.45) is 0 Å². The van der Waals surface area contributed by atoms with Crippen LogP contribution in [0.25, 0.3) is 22.3 Å². The predicted molar refractivity (Wildman–Crippen MR) is 57.0 cm³/mol. The minimum atomic E-state index is 0.261. The maximum Gasteiger partial charge on any atom is 0.184 e. The molecule has 0 atom stereocenters. The topological polar surface area (TPSA) is 129 Å². The van der Waals surface area contributed by atoms with Crippen LogP contribution in [-0.4, -0.2) is 29.9 Å². The van der Waals surface area contributed by atoms with Gasteiger partial charge in [-0.05, 0) is 0 Å². The van der Waals surface area contributed by atoms with Crippen LogP contribution in [0, 0.1) is 0 Å². The zero-order valence-corrected chi connectivity index (χ0v) is 7.99. The number of nitrogens with zero attached hydrogens (tertiary/aromatic N) is 6. The van der Waals surface area contributed by atoms with Crippen LogP contribution in [0.1, 0.15) is 0 Å². The molecule has 0 aliphatic rings. The lowest BCUT2D eigenvalue weighted by Crippen LogP contribution is -2.01. The predicted octanol–water partition coefficient (Wildman–Crippen LogP) is -0.473. The first kappa shape index (κ1) is 8.65. The number of hydrogen-bond donors (Lipinski definition) is 2. The van der Waals surface area contributed by atoms with Crippen molar-refractivity contribution in [3.63, 3.8) is 0 Å². The lowest BCUT2D eigenvalue weighted by Gasteiger charge is -2.01. The molecule has 3 aromatic rings. The number of fused-ring (bicyclic) bond motifs is 2. The molecule has 0 amide bonds. The average Bonchev–Trinajstić information content (AvgIpc) is 2.29. The molecule has 0 aliphatic carbocycles. The van der Waals surface area contributed by atoms with Crippen LogP contribution < -0.4 is 11.5 Å². The van der Waals surface area contributed by atoms with Crippen molar-refractivity contribution in [3.05, 3.63) is 12.7 Å². The molecule has 78 valence electrons. The Labute approximate surface area is 88.8 Å². The highest BCUT2D eigenvalue weighted by Crippen LogP contribution is 2.17. The van der Waals surface area contributed by atoms with Crippen molar-refractivity contribution in [2.75, 3.05) is 11.5 Å². The van der Waals surface area contributed by atoms with Gasteiger partial charge < -0.3 is 11.5 Å². The van der Waals surface area contributed by atoms with Crippen LogP contribution in [0.4, 0.5) is 11.6 Å². The van der Waals surface area contributed by atoms with E-state index in [0.717, 1.165) is 0 Å². The van der Waals surface area contributed by atoms with Gasteiger partial charge in [-0.2, -0.15) is 0 Å². The van der Waals surface area contributed by atoms with E-state index in [4.69, 9.17) is 11.5 Å². The van der Waals surface area contributed by atoms with Crippen LogP contribution in [-0.2, 0) is 0 Å². The third-order valence-electron chi connectivity index (χ3n) is 2.10. The molecule has 0 spiro atoms. The monoisotopic (exact) mass is 214 g/mol. The molecule has 8 nitrogen and oxygen atoms in total. The van der Waals surface area contributed by atoms with Crippen LogP contribution in [0.3, 0.4) is 0 Å². The molecule has 0 bridgehead atoms. The van der Waals surface area contributed by atoms with E-state index < -0.39 is 0 Å². The number of nitrogens with two attached hydrogens (primary N) is 2. The minimum absolute atomic E-state index is 0.261. The fourth-order valence-electron chi connectivity index (χ4n) is 1.36. The molecule has 8 heteroatoms. The second-order valence-electron chi connectivity index (χ2n) is 3.09. The van der Waals surface area contributed by atoms with Crippen molar-refractivity contribution < 1.29 is 0 Å². The van der Waals surface area contributed by atoms with E-state index in [9.17, 15) is 0 Å². The quantitative estimate of drug-likeness (QED) is 0.480. The summed E-state index contributed by atoms with van der Waals surface area (Å²) < 4.78 is 0. The smallest absolute Gasteiger partial charge is 0.184 e. The summed E-state index contributed by atoms with van der Waals surface area (Å²) in [5.41, 5.74) is 12.9.